The average molecular weight is 344 g/mol. The molecule has 0 aromatic carbocycles. The fourth-order valence-corrected chi connectivity index (χ4v) is 2.62. The Labute approximate surface area is 150 Å². The first-order chi connectivity index (χ1) is 11.5. The van der Waals surface area contributed by atoms with Gasteiger partial charge in [0.25, 0.3) is 0 Å². The van der Waals surface area contributed by atoms with Crippen molar-refractivity contribution in [2.45, 2.75) is 84.0 Å². The van der Waals surface area contributed by atoms with Gasteiger partial charge in [-0.3, -0.25) is 0 Å². The summed E-state index contributed by atoms with van der Waals surface area (Å²) < 4.78 is 5.97. The van der Waals surface area contributed by atoms with Gasteiger partial charge in [0.2, 0.25) is 0 Å². The van der Waals surface area contributed by atoms with E-state index in [2.05, 4.69) is 33.4 Å². The second kappa shape index (κ2) is 15.7. The van der Waals surface area contributed by atoms with Crippen LogP contribution in [0.5, 0.6) is 0 Å². The maximum atomic E-state index is 11.5. The maximum Gasteiger partial charge on any atom is 0.407 e. The van der Waals surface area contributed by atoms with Crippen molar-refractivity contribution in [3.63, 3.8) is 0 Å². The Morgan fingerprint density at radius 1 is 0.792 bits per heavy atom. The number of alkyl carbamates (subject to hydrolysis) is 1. The van der Waals surface area contributed by atoms with Crippen molar-refractivity contribution in [2.24, 2.45) is 0 Å². The molecule has 0 aromatic rings. The van der Waals surface area contributed by atoms with Gasteiger partial charge in [-0.1, -0.05) is 77.6 Å². The summed E-state index contributed by atoms with van der Waals surface area (Å²) in [4.78, 5) is 11.5. The Bertz CT molecular complexity index is 288. The zero-order valence-electron chi connectivity index (χ0n) is 16.9. The normalized spacial score (nSPS) is 11.5. The van der Waals surface area contributed by atoms with Crippen molar-refractivity contribution in [3.05, 3.63) is 0 Å². The first-order valence-electron chi connectivity index (χ1n) is 10.2. The highest BCUT2D eigenvalue weighted by Crippen LogP contribution is 2.11. The fraction of sp³-hybridized carbons (Fsp3) is 0.950. The van der Waals surface area contributed by atoms with Gasteiger partial charge in [-0.05, 0) is 6.42 Å². The molecule has 0 aromatic heterocycles. The predicted octanol–water partition coefficient (Wildman–Crippen LogP) is 5.12. The number of unbranched alkanes of at least 4 members (excludes halogenated alkanes) is 11. The predicted molar refractivity (Wildman–Crippen MR) is 103 cm³/mol. The number of amides is 1. The molecule has 0 saturated carbocycles. The van der Waals surface area contributed by atoms with E-state index < -0.39 is 0 Å². The molecular formula is C20H43N2O2+. The number of nitrogens with zero attached hydrogens (tertiary/aromatic N) is 1. The quantitative estimate of drug-likeness (QED) is 0.312. The molecule has 24 heavy (non-hydrogen) atoms. The third-order valence-corrected chi connectivity index (χ3v) is 4.29. The summed E-state index contributed by atoms with van der Waals surface area (Å²) in [5.41, 5.74) is 0. The Balaban J connectivity index is 3.18. The van der Waals surface area contributed by atoms with Crippen molar-refractivity contribution in [1.29, 1.82) is 0 Å². The van der Waals surface area contributed by atoms with Gasteiger partial charge >= 0.3 is 6.09 Å². The number of carbonyl (C=O) groups is 1. The van der Waals surface area contributed by atoms with E-state index in [1.54, 1.807) is 0 Å². The summed E-state index contributed by atoms with van der Waals surface area (Å²) in [6.45, 7) is 4.32. The highest BCUT2D eigenvalue weighted by atomic mass is 16.5. The van der Waals surface area contributed by atoms with Crippen molar-refractivity contribution in [1.82, 2.24) is 5.32 Å². The smallest absolute Gasteiger partial charge is 0.407 e. The second-order valence-electron chi connectivity index (χ2n) is 7.97. The molecule has 0 radical (unpaired) electrons. The van der Waals surface area contributed by atoms with Crippen molar-refractivity contribution in [2.75, 3.05) is 40.8 Å². The van der Waals surface area contributed by atoms with E-state index in [0.29, 0.717) is 6.61 Å². The molecule has 0 saturated heterocycles. The molecule has 0 spiro atoms. The molecular weight excluding hydrogens is 300 g/mol. The standard InChI is InChI=1S/C20H42N2O2/c1-5-6-7-8-9-10-11-12-13-14-15-16-17-21-20(23)24-19-18-22(2,3)4/h5-19H2,1-4H3/p+1. The topological polar surface area (TPSA) is 38.3 Å². The lowest BCUT2D eigenvalue weighted by Crippen LogP contribution is -2.39. The lowest BCUT2D eigenvalue weighted by atomic mass is 10.1. The molecule has 0 fully saturated rings. The summed E-state index contributed by atoms with van der Waals surface area (Å²) in [6, 6.07) is 0. The molecule has 0 aliphatic carbocycles. The van der Waals surface area contributed by atoms with Crippen molar-refractivity contribution >= 4 is 6.09 Å². The fourth-order valence-electron chi connectivity index (χ4n) is 2.62. The minimum atomic E-state index is -0.272. The molecule has 144 valence electrons. The molecule has 0 aliphatic rings. The lowest BCUT2D eigenvalue weighted by molar-refractivity contribution is -0.870. The summed E-state index contributed by atoms with van der Waals surface area (Å²) >= 11 is 0. The van der Waals surface area contributed by atoms with Crippen LogP contribution < -0.4 is 5.32 Å². The molecule has 4 heteroatoms. The van der Waals surface area contributed by atoms with E-state index in [1.807, 2.05) is 0 Å². The van der Waals surface area contributed by atoms with E-state index in [4.69, 9.17) is 4.74 Å². The molecule has 0 heterocycles. The van der Waals surface area contributed by atoms with Crippen LogP contribution in [0.1, 0.15) is 84.0 Å². The average Bonchev–Trinajstić information content (AvgIpc) is 2.50. The zero-order chi connectivity index (χ0) is 18.1. The monoisotopic (exact) mass is 343 g/mol. The second-order valence-corrected chi connectivity index (χ2v) is 7.97. The van der Waals surface area contributed by atoms with Gasteiger partial charge in [-0.2, -0.15) is 0 Å². The molecule has 0 unspecified atom stereocenters. The number of quaternary nitrogens is 1. The lowest BCUT2D eigenvalue weighted by Gasteiger charge is -2.23. The number of hydrogen-bond donors (Lipinski definition) is 1. The van der Waals surface area contributed by atoms with Gasteiger partial charge in [0.05, 0.1) is 21.1 Å². The van der Waals surface area contributed by atoms with Crippen LogP contribution in [0, 0.1) is 0 Å². The van der Waals surface area contributed by atoms with Crippen LogP contribution in [-0.2, 0) is 4.74 Å². The molecule has 0 atom stereocenters. The minimum Gasteiger partial charge on any atom is -0.444 e. The largest absolute Gasteiger partial charge is 0.444 e. The van der Waals surface area contributed by atoms with Crippen molar-refractivity contribution < 1.29 is 14.0 Å². The molecule has 1 amide bonds. The number of hydrogen-bond acceptors (Lipinski definition) is 2. The third kappa shape index (κ3) is 19.3. The number of carbonyl (C=O) groups excluding carboxylic acids is 1. The summed E-state index contributed by atoms with van der Waals surface area (Å²) in [5.74, 6) is 0. The van der Waals surface area contributed by atoms with Crippen LogP contribution in [-0.4, -0.2) is 51.4 Å². The maximum absolute atomic E-state index is 11.5. The van der Waals surface area contributed by atoms with Gasteiger partial charge in [0, 0.05) is 6.54 Å². The number of ether oxygens (including phenoxy) is 1. The first-order valence-corrected chi connectivity index (χ1v) is 10.2. The van der Waals surface area contributed by atoms with Crippen LogP contribution in [0.2, 0.25) is 0 Å². The Hall–Kier alpha value is -0.770. The molecule has 1 N–H and O–H groups in total. The van der Waals surface area contributed by atoms with E-state index in [-0.39, 0.29) is 6.09 Å². The molecule has 0 rings (SSSR count). The zero-order valence-corrected chi connectivity index (χ0v) is 16.9. The van der Waals surface area contributed by atoms with Crippen LogP contribution in [0.4, 0.5) is 4.79 Å². The molecule has 0 bridgehead atoms. The van der Waals surface area contributed by atoms with E-state index >= 15 is 0 Å². The van der Waals surface area contributed by atoms with Gasteiger partial charge in [-0.15, -0.1) is 0 Å². The molecule has 0 aliphatic heterocycles. The number of nitrogens with one attached hydrogen (secondary N) is 1. The first kappa shape index (κ1) is 23.2. The SMILES string of the molecule is CCCCCCCCCCCCCCNC(=O)OCC[N+](C)(C)C. The Morgan fingerprint density at radius 3 is 1.71 bits per heavy atom. The van der Waals surface area contributed by atoms with Crippen molar-refractivity contribution in [3.8, 4) is 0 Å². The van der Waals surface area contributed by atoms with E-state index in [1.165, 1.54) is 70.6 Å². The minimum absolute atomic E-state index is 0.272. The summed E-state index contributed by atoms with van der Waals surface area (Å²) in [6.07, 6.45) is 15.8. The van der Waals surface area contributed by atoms with Gasteiger partial charge in [0.1, 0.15) is 13.2 Å². The van der Waals surface area contributed by atoms with E-state index in [9.17, 15) is 4.79 Å². The van der Waals surface area contributed by atoms with Gasteiger partial charge in [0.15, 0.2) is 0 Å². The van der Waals surface area contributed by atoms with Gasteiger partial charge in [-0.25, -0.2) is 4.79 Å². The van der Waals surface area contributed by atoms with E-state index in [0.717, 1.165) is 24.0 Å². The number of rotatable bonds is 16. The van der Waals surface area contributed by atoms with Crippen LogP contribution in [0.15, 0.2) is 0 Å². The highest BCUT2D eigenvalue weighted by molar-refractivity contribution is 5.66. The third-order valence-electron chi connectivity index (χ3n) is 4.29. The molecule has 4 nitrogen and oxygen atoms in total. The van der Waals surface area contributed by atoms with Crippen LogP contribution in [0.3, 0.4) is 0 Å². The van der Waals surface area contributed by atoms with Crippen LogP contribution >= 0.6 is 0 Å². The summed E-state index contributed by atoms with van der Waals surface area (Å²) in [7, 11) is 6.27. The summed E-state index contributed by atoms with van der Waals surface area (Å²) in [5, 5.41) is 2.84. The Kier molecular flexibility index (Phi) is 15.2. The number of likely N-dealkylation sites (N-methyl/N-ethyl adjacent to an activating group) is 1. The van der Waals surface area contributed by atoms with Crippen LogP contribution in [0.25, 0.3) is 0 Å². The Morgan fingerprint density at radius 2 is 1.25 bits per heavy atom. The highest BCUT2D eigenvalue weighted by Gasteiger charge is 2.08. The van der Waals surface area contributed by atoms with Gasteiger partial charge < -0.3 is 14.5 Å².